The standard InChI is InChI=1S/C14H21N3O3/c1-10(2)8-12(13(18)19)16-14(20)17(3)9-11-6-4-5-7-15-11/h4-7,10,12H,8-9H2,1-3H3,(H,16,20)(H,18,19)/t12-/m0/s1. The van der Waals surface area contributed by atoms with Gasteiger partial charge in [-0.15, -0.1) is 0 Å². The fraction of sp³-hybridized carbons (Fsp3) is 0.500. The molecule has 1 atom stereocenters. The molecule has 2 N–H and O–H groups in total. The third kappa shape index (κ3) is 5.26. The van der Waals surface area contributed by atoms with Crippen LogP contribution < -0.4 is 5.32 Å². The van der Waals surface area contributed by atoms with Gasteiger partial charge in [-0.3, -0.25) is 4.98 Å². The van der Waals surface area contributed by atoms with E-state index in [-0.39, 0.29) is 5.92 Å². The molecule has 0 radical (unpaired) electrons. The number of carboxylic acids is 1. The lowest BCUT2D eigenvalue weighted by Crippen LogP contribution is -2.47. The molecular weight excluding hydrogens is 258 g/mol. The third-order valence-electron chi connectivity index (χ3n) is 2.77. The Labute approximate surface area is 118 Å². The fourth-order valence-electron chi connectivity index (χ4n) is 1.76. The number of amides is 2. The molecule has 0 saturated carbocycles. The van der Waals surface area contributed by atoms with E-state index in [1.165, 1.54) is 4.90 Å². The first kappa shape index (κ1) is 15.9. The minimum Gasteiger partial charge on any atom is -0.480 e. The van der Waals surface area contributed by atoms with Gasteiger partial charge in [-0.25, -0.2) is 9.59 Å². The number of carboxylic acid groups (broad SMARTS) is 1. The molecule has 0 fully saturated rings. The number of carbonyl (C=O) groups is 2. The van der Waals surface area contributed by atoms with E-state index in [0.29, 0.717) is 13.0 Å². The van der Waals surface area contributed by atoms with Gasteiger partial charge in [-0.1, -0.05) is 19.9 Å². The fourth-order valence-corrected chi connectivity index (χ4v) is 1.76. The Kier molecular flexibility index (Phi) is 5.96. The maximum absolute atomic E-state index is 12.0. The summed E-state index contributed by atoms with van der Waals surface area (Å²) in [5.41, 5.74) is 0.751. The number of pyridine rings is 1. The van der Waals surface area contributed by atoms with E-state index in [1.807, 2.05) is 26.0 Å². The van der Waals surface area contributed by atoms with Crippen LogP contribution in [-0.2, 0) is 11.3 Å². The first-order valence-electron chi connectivity index (χ1n) is 6.54. The zero-order valence-electron chi connectivity index (χ0n) is 12.0. The molecule has 2 amide bonds. The van der Waals surface area contributed by atoms with Crippen LogP contribution in [0.3, 0.4) is 0 Å². The molecule has 0 aliphatic heterocycles. The maximum Gasteiger partial charge on any atom is 0.326 e. The number of hydrogen-bond donors (Lipinski definition) is 2. The molecule has 1 heterocycles. The molecule has 6 nitrogen and oxygen atoms in total. The first-order chi connectivity index (χ1) is 9.40. The van der Waals surface area contributed by atoms with Gasteiger partial charge in [-0.2, -0.15) is 0 Å². The van der Waals surface area contributed by atoms with E-state index in [0.717, 1.165) is 5.69 Å². The molecule has 0 bridgehead atoms. The molecular formula is C14H21N3O3. The van der Waals surface area contributed by atoms with E-state index < -0.39 is 18.0 Å². The number of nitrogens with zero attached hydrogens (tertiary/aromatic N) is 2. The van der Waals surface area contributed by atoms with Crippen LogP contribution in [0.1, 0.15) is 26.0 Å². The highest BCUT2D eigenvalue weighted by Crippen LogP contribution is 2.06. The number of aliphatic carboxylic acids is 1. The Balaban J connectivity index is 2.57. The van der Waals surface area contributed by atoms with Crippen molar-refractivity contribution in [3.8, 4) is 0 Å². The van der Waals surface area contributed by atoms with Crippen LogP contribution in [0.4, 0.5) is 4.79 Å². The number of aromatic nitrogens is 1. The smallest absolute Gasteiger partial charge is 0.326 e. The Morgan fingerprint density at radius 2 is 2.10 bits per heavy atom. The van der Waals surface area contributed by atoms with Crippen LogP contribution in [-0.4, -0.2) is 40.1 Å². The average Bonchev–Trinajstić information content (AvgIpc) is 2.38. The van der Waals surface area contributed by atoms with E-state index in [1.54, 1.807) is 19.3 Å². The predicted octanol–water partition coefficient (Wildman–Crippen LogP) is 1.72. The lowest BCUT2D eigenvalue weighted by Gasteiger charge is -2.22. The topological polar surface area (TPSA) is 82.5 Å². The zero-order chi connectivity index (χ0) is 15.1. The molecule has 0 saturated heterocycles. The summed E-state index contributed by atoms with van der Waals surface area (Å²) in [5.74, 6) is -0.823. The molecule has 20 heavy (non-hydrogen) atoms. The largest absolute Gasteiger partial charge is 0.480 e. The lowest BCUT2D eigenvalue weighted by atomic mass is 10.0. The van der Waals surface area contributed by atoms with E-state index in [2.05, 4.69) is 10.3 Å². The van der Waals surface area contributed by atoms with Crippen molar-refractivity contribution in [2.45, 2.75) is 32.9 Å². The van der Waals surface area contributed by atoms with E-state index in [9.17, 15) is 9.59 Å². The maximum atomic E-state index is 12.0. The van der Waals surface area contributed by atoms with Gasteiger partial charge in [0.05, 0.1) is 12.2 Å². The SMILES string of the molecule is CC(C)C[C@H](NC(=O)N(C)Cc1ccccn1)C(=O)O. The predicted molar refractivity (Wildman–Crippen MR) is 75.1 cm³/mol. The number of hydrogen-bond acceptors (Lipinski definition) is 3. The van der Waals surface area contributed by atoms with E-state index in [4.69, 9.17) is 5.11 Å². The van der Waals surface area contributed by atoms with Crippen LogP contribution in [0.2, 0.25) is 0 Å². The van der Waals surface area contributed by atoms with Crippen molar-refractivity contribution in [1.29, 1.82) is 0 Å². The second-order valence-corrected chi connectivity index (χ2v) is 5.15. The van der Waals surface area contributed by atoms with Crippen LogP contribution in [0.15, 0.2) is 24.4 Å². The second kappa shape index (κ2) is 7.47. The van der Waals surface area contributed by atoms with Crippen molar-refractivity contribution >= 4 is 12.0 Å². The quantitative estimate of drug-likeness (QED) is 0.830. The van der Waals surface area contributed by atoms with Crippen molar-refractivity contribution in [2.24, 2.45) is 5.92 Å². The van der Waals surface area contributed by atoms with Crippen LogP contribution in [0, 0.1) is 5.92 Å². The summed E-state index contributed by atoms with van der Waals surface area (Å²) in [6.45, 7) is 4.17. The molecule has 0 aromatic carbocycles. The number of nitrogens with one attached hydrogen (secondary N) is 1. The molecule has 0 aliphatic carbocycles. The molecule has 0 aliphatic rings. The second-order valence-electron chi connectivity index (χ2n) is 5.15. The van der Waals surface area contributed by atoms with Gasteiger partial charge in [-0.05, 0) is 24.5 Å². The van der Waals surface area contributed by atoms with Crippen LogP contribution in [0.25, 0.3) is 0 Å². The number of urea groups is 1. The van der Waals surface area contributed by atoms with Crippen molar-refractivity contribution in [2.75, 3.05) is 7.05 Å². The lowest BCUT2D eigenvalue weighted by molar-refractivity contribution is -0.139. The van der Waals surface area contributed by atoms with Gasteiger partial charge in [0.15, 0.2) is 0 Å². The number of carbonyl (C=O) groups excluding carboxylic acids is 1. The minimum absolute atomic E-state index is 0.192. The average molecular weight is 279 g/mol. The van der Waals surface area contributed by atoms with Crippen molar-refractivity contribution in [3.05, 3.63) is 30.1 Å². The molecule has 110 valence electrons. The van der Waals surface area contributed by atoms with Crippen LogP contribution >= 0.6 is 0 Å². The van der Waals surface area contributed by atoms with Crippen LogP contribution in [0.5, 0.6) is 0 Å². The normalized spacial score (nSPS) is 12.0. The van der Waals surface area contributed by atoms with Crippen molar-refractivity contribution in [3.63, 3.8) is 0 Å². The summed E-state index contributed by atoms with van der Waals surface area (Å²) < 4.78 is 0. The van der Waals surface area contributed by atoms with Crippen molar-refractivity contribution < 1.29 is 14.7 Å². The monoisotopic (exact) mass is 279 g/mol. The zero-order valence-corrected chi connectivity index (χ0v) is 12.0. The highest BCUT2D eigenvalue weighted by Gasteiger charge is 2.22. The Hall–Kier alpha value is -2.11. The third-order valence-corrected chi connectivity index (χ3v) is 2.77. The van der Waals surface area contributed by atoms with Gasteiger partial charge in [0, 0.05) is 13.2 Å². The first-order valence-corrected chi connectivity index (χ1v) is 6.54. The molecule has 1 aromatic rings. The molecule has 1 rings (SSSR count). The van der Waals surface area contributed by atoms with Gasteiger partial charge in [0.1, 0.15) is 6.04 Å². The Bertz CT molecular complexity index is 448. The Morgan fingerprint density at radius 1 is 1.40 bits per heavy atom. The van der Waals surface area contributed by atoms with Gasteiger partial charge >= 0.3 is 12.0 Å². The Morgan fingerprint density at radius 3 is 2.60 bits per heavy atom. The summed E-state index contributed by atoms with van der Waals surface area (Å²) in [4.78, 5) is 28.6. The van der Waals surface area contributed by atoms with Gasteiger partial charge in [0.2, 0.25) is 0 Å². The summed E-state index contributed by atoms with van der Waals surface area (Å²) in [5, 5.41) is 11.6. The summed E-state index contributed by atoms with van der Waals surface area (Å²) >= 11 is 0. The molecule has 1 aromatic heterocycles. The molecule has 0 unspecified atom stereocenters. The highest BCUT2D eigenvalue weighted by atomic mass is 16.4. The molecule has 0 spiro atoms. The minimum atomic E-state index is -1.02. The summed E-state index contributed by atoms with van der Waals surface area (Å²) in [6.07, 6.45) is 2.05. The van der Waals surface area contributed by atoms with Gasteiger partial charge in [0.25, 0.3) is 0 Å². The number of rotatable bonds is 6. The highest BCUT2D eigenvalue weighted by molar-refractivity contribution is 5.82. The molecule has 6 heteroatoms. The van der Waals surface area contributed by atoms with E-state index >= 15 is 0 Å². The summed E-state index contributed by atoms with van der Waals surface area (Å²) in [7, 11) is 1.61. The van der Waals surface area contributed by atoms with Gasteiger partial charge < -0.3 is 15.3 Å². The summed E-state index contributed by atoms with van der Waals surface area (Å²) in [6, 6.07) is 4.17. The van der Waals surface area contributed by atoms with Crippen molar-refractivity contribution in [1.82, 2.24) is 15.2 Å².